The molecule has 3 aromatic rings. The molecule has 0 saturated carbocycles. The van der Waals surface area contributed by atoms with Gasteiger partial charge in [0.05, 0.1) is 6.20 Å². The van der Waals surface area contributed by atoms with Crippen molar-refractivity contribution in [2.24, 2.45) is 0 Å². The van der Waals surface area contributed by atoms with E-state index < -0.39 is 5.97 Å². The van der Waals surface area contributed by atoms with Gasteiger partial charge in [-0.05, 0) is 18.2 Å². The summed E-state index contributed by atoms with van der Waals surface area (Å²) in [6, 6.07) is 13.9. The quantitative estimate of drug-likeness (QED) is 0.788. The van der Waals surface area contributed by atoms with Crippen molar-refractivity contribution >= 4 is 16.7 Å². The Kier molecular flexibility index (Phi) is 3.01. The van der Waals surface area contributed by atoms with Gasteiger partial charge in [-0.25, -0.2) is 4.79 Å². The Labute approximate surface area is 114 Å². The molecule has 0 radical (unpaired) electrons. The molecule has 0 fully saturated rings. The lowest BCUT2D eigenvalue weighted by Crippen LogP contribution is -2.00. The molecule has 0 unspecified atom stereocenters. The molecule has 1 aromatic heterocycles. The molecule has 5 heteroatoms. The van der Waals surface area contributed by atoms with Crippen molar-refractivity contribution < 1.29 is 14.6 Å². The van der Waals surface area contributed by atoms with Gasteiger partial charge in [0, 0.05) is 10.8 Å². The van der Waals surface area contributed by atoms with Gasteiger partial charge in [-0.1, -0.05) is 30.3 Å². The molecule has 20 heavy (non-hydrogen) atoms. The van der Waals surface area contributed by atoms with Gasteiger partial charge in [0.2, 0.25) is 5.88 Å². The minimum Gasteiger partial charge on any atom is -0.478 e. The summed E-state index contributed by atoms with van der Waals surface area (Å²) < 4.78 is 5.63. The minimum absolute atomic E-state index is 0.0854. The van der Waals surface area contributed by atoms with E-state index in [1.807, 2.05) is 24.3 Å². The number of ether oxygens (including phenoxy) is 1. The van der Waals surface area contributed by atoms with E-state index in [4.69, 9.17) is 9.84 Å². The van der Waals surface area contributed by atoms with Gasteiger partial charge in [0.1, 0.15) is 11.3 Å². The topological polar surface area (TPSA) is 72.3 Å². The van der Waals surface area contributed by atoms with E-state index in [2.05, 4.69) is 10.2 Å². The van der Waals surface area contributed by atoms with Gasteiger partial charge in [0.25, 0.3) is 0 Å². The van der Waals surface area contributed by atoms with Crippen molar-refractivity contribution in [3.63, 3.8) is 0 Å². The SMILES string of the molecule is O=C(O)c1ccccc1Oc1nncc2ccccc12. The van der Waals surface area contributed by atoms with Crippen LogP contribution in [-0.2, 0) is 0 Å². The number of carboxylic acids is 1. The molecule has 0 aliphatic rings. The molecule has 5 nitrogen and oxygen atoms in total. The number of nitrogens with zero attached hydrogens (tertiary/aromatic N) is 2. The van der Waals surface area contributed by atoms with Crippen molar-refractivity contribution in [2.75, 3.05) is 0 Å². The first-order chi connectivity index (χ1) is 9.75. The van der Waals surface area contributed by atoms with Crippen molar-refractivity contribution in [3.8, 4) is 11.6 Å². The fourth-order valence-corrected chi connectivity index (χ4v) is 1.91. The Morgan fingerprint density at radius 2 is 1.80 bits per heavy atom. The number of carboxylic acid groups (broad SMARTS) is 1. The average Bonchev–Trinajstić information content (AvgIpc) is 2.48. The van der Waals surface area contributed by atoms with Crippen LogP contribution in [0.1, 0.15) is 10.4 Å². The van der Waals surface area contributed by atoms with Crippen molar-refractivity contribution in [1.29, 1.82) is 0 Å². The summed E-state index contributed by atoms with van der Waals surface area (Å²) >= 11 is 0. The molecule has 3 rings (SSSR count). The zero-order valence-corrected chi connectivity index (χ0v) is 10.4. The Bertz CT molecular complexity index is 781. The first kappa shape index (κ1) is 12.1. The van der Waals surface area contributed by atoms with Crippen LogP contribution in [-0.4, -0.2) is 21.3 Å². The van der Waals surface area contributed by atoms with Crippen molar-refractivity contribution in [2.45, 2.75) is 0 Å². The molecule has 98 valence electrons. The molecule has 0 atom stereocenters. The van der Waals surface area contributed by atoms with E-state index in [-0.39, 0.29) is 17.2 Å². The third kappa shape index (κ3) is 2.16. The highest BCUT2D eigenvalue weighted by Gasteiger charge is 2.13. The Morgan fingerprint density at radius 1 is 1.05 bits per heavy atom. The average molecular weight is 266 g/mol. The lowest BCUT2D eigenvalue weighted by Gasteiger charge is -2.08. The second kappa shape index (κ2) is 4.97. The molecule has 2 aromatic carbocycles. The minimum atomic E-state index is -1.05. The monoisotopic (exact) mass is 266 g/mol. The van der Waals surface area contributed by atoms with Gasteiger partial charge < -0.3 is 9.84 Å². The number of carbonyl (C=O) groups is 1. The van der Waals surface area contributed by atoms with Crippen LogP contribution in [0.3, 0.4) is 0 Å². The van der Waals surface area contributed by atoms with Gasteiger partial charge >= 0.3 is 5.97 Å². The van der Waals surface area contributed by atoms with Crippen LogP contribution in [0, 0.1) is 0 Å². The van der Waals surface area contributed by atoms with Crippen LogP contribution < -0.4 is 4.74 Å². The second-order valence-electron chi connectivity index (χ2n) is 4.14. The third-order valence-corrected chi connectivity index (χ3v) is 2.86. The van der Waals surface area contributed by atoms with Crippen LogP contribution in [0.15, 0.2) is 54.7 Å². The highest BCUT2D eigenvalue weighted by atomic mass is 16.5. The Hall–Kier alpha value is -2.95. The lowest BCUT2D eigenvalue weighted by molar-refractivity contribution is 0.0694. The molecular weight excluding hydrogens is 256 g/mol. The highest BCUT2D eigenvalue weighted by Crippen LogP contribution is 2.28. The molecule has 0 spiro atoms. The maximum atomic E-state index is 11.2. The Balaban J connectivity index is 2.08. The number of benzene rings is 2. The summed E-state index contributed by atoms with van der Waals surface area (Å²) in [6.45, 7) is 0. The highest BCUT2D eigenvalue weighted by molar-refractivity contribution is 5.91. The molecular formula is C15H10N2O3. The third-order valence-electron chi connectivity index (χ3n) is 2.86. The van der Waals surface area contributed by atoms with Gasteiger partial charge in [-0.15, -0.1) is 5.10 Å². The number of hydrogen-bond donors (Lipinski definition) is 1. The number of hydrogen-bond acceptors (Lipinski definition) is 4. The van der Waals surface area contributed by atoms with Crippen LogP contribution in [0.4, 0.5) is 0 Å². The van der Waals surface area contributed by atoms with E-state index >= 15 is 0 Å². The van der Waals surface area contributed by atoms with E-state index in [0.29, 0.717) is 0 Å². The van der Waals surface area contributed by atoms with E-state index in [1.165, 1.54) is 6.07 Å². The molecule has 0 saturated heterocycles. The fourth-order valence-electron chi connectivity index (χ4n) is 1.91. The zero-order valence-electron chi connectivity index (χ0n) is 10.4. The van der Waals surface area contributed by atoms with Crippen LogP contribution >= 0.6 is 0 Å². The standard InChI is InChI=1S/C15H10N2O3/c18-15(19)12-7-3-4-8-13(12)20-14-11-6-2-1-5-10(11)9-16-17-14/h1-9H,(H,18,19). The van der Waals surface area contributed by atoms with Gasteiger partial charge in [-0.2, -0.15) is 5.10 Å². The fraction of sp³-hybridized carbons (Fsp3) is 0. The lowest BCUT2D eigenvalue weighted by atomic mass is 10.2. The van der Waals surface area contributed by atoms with Gasteiger partial charge in [-0.3, -0.25) is 0 Å². The molecule has 0 aliphatic carbocycles. The smallest absolute Gasteiger partial charge is 0.339 e. The maximum absolute atomic E-state index is 11.2. The molecule has 0 bridgehead atoms. The zero-order chi connectivity index (χ0) is 13.9. The molecule has 0 aliphatic heterocycles. The van der Waals surface area contributed by atoms with E-state index in [1.54, 1.807) is 24.4 Å². The molecule has 0 amide bonds. The normalized spacial score (nSPS) is 10.4. The predicted octanol–water partition coefficient (Wildman–Crippen LogP) is 3.12. The number of para-hydroxylation sites is 1. The van der Waals surface area contributed by atoms with Crippen LogP contribution in [0.2, 0.25) is 0 Å². The molecule has 1 N–H and O–H groups in total. The number of aromatic nitrogens is 2. The first-order valence-corrected chi connectivity index (χ1v) is 5.96. The Morgan fingerprint density at radius 3 is 2.65 bits per heavy atom. The second-order valence-corrected chi connectivity index (χ2v) is 4.14. The van der Waals surface area contributed by atoms with Crippen molar-refractivity contribution in [1.82, 2.24) is 10.2 Å². The van der Waals surface area contributed by atoms with Crippen molar-refractivity contribution in [3.05, 3.63) is 60.3 Å². The molecule has 1 heterocycles. The number of aromatic carboxylic acids is 1. The number of fused-ring (bicyclic) bond motifs is 1. The van der Waals surface area contributed by atoms with Crippen LogP contribution in [0.25, 0.3) is 10.8 Å². The summed E-state index contributed by atoms with van der Waals surface area (Å²) in [5, 5.41) is 18.6. The van der Waals surface area contributed by atoms with Gasteiger partial charge in [0.15, 0.2) is 0 Å². The van der Waals surface area contributed by atoms with Crippen LogP contribution in [0.5, 0.6) is 11.6 Å². The summed E-state index contributed by atoms with van der Waals surface area (Å²) in [7, 11) is 0. The summed E-state index contributed by atoms with van der Waals surface area (Å²) in [5.41, 5.74) is 0.0854. The largest absolute Gasteiger partial charge is 0.478 e. The predicted molar refractivity (Wildman–Crippen MR) is 73.0 cm³/mol. The number of rotatable bonds is 3. The summed E-state index contributed by atoms with van der Waals surface area (Å²) in [5.74, 6) is -0.517. The summed E-state index contributed by atoms with van der Waals surface area (Å²) in [6.07, 6.45) is 1.63. The summed E-state index contributed by atoms with van der Waals surface area (Å²) in [4.78, 5) is 11.2. The van der Waals surface area contributed by atoms with E-state index in [9.17, 15) is 4.79 Å². The first-order valence-electron chi connectivity index (χ1n) is 5.96. The van der Waals surface area contributed by atoms with E-state index in [0.717, 1.165) is 10.8 Å². The maximum Gasteiger partial charge on any atom is 0.339 e.